The Morgan fingerprint density at radius 2 is 2.00 bits per heavy atom. The van der Waals surface area contributed by atoms with E-state index in [0.717, 1.165) is 31.1 Å². The lowest BCUT2D eigenvalue weighted by molar-refractivity contribution is 0.298. The quantitative estimate of drug-likeness (QED) is 0.897. The van der Waals surface area contributed by atoms with Gasteiger partial charge in [-0.15, -0.1) is 0 Å². The van der Waals surface area contributed by atoms with Gasteiger partial charge in [0.2, 0.25) is 0 Å². The molecule has 0 spiro atoms. The molecule has 0 amide bonds. The van der Waals surface area contributed by atoms with E-state index in [9.17, 15) is 0 Å². The van der Waals surface area contributed by atoms with Crippen LogP contribution in [0.25, 0.3) is 0 Å². The third-order valence-electron chi connectivity index (χ3n) is 4.17. The van der Waals surface area contributed by atoms with Gasteiger partial charge >= 0.3 is 0 Å². The van der Waals surface area contributed by atoms with Crippen LogP contribution in [0.4, 0.5) is 0 Å². The van der Waals surface area contributed by atoms with Gasteiger partial charge in [0, 0.05) is 5.54 Å². The van der Waals surface area contributed by atoms with Crippen LogP contribution >= 0.6 is 11.6 Å². The van der Waals surface area contributed by atoms with Crippen LogP contribution in [0.2, 0.25) is 5.02 Å². The van der Waals surface area contributed by atoms with E-state index in [-0.39, 0.29) is 5.54 Å². The molecular weight excluding hydrogens is 246 g/mol. The van der Waals surface area contributed by atoms with Crippen LogP contribution in [-0.2, 0) is 5.54 Å². The van der Waals surface area contributed by atoms with E-state index >= 15 is 0 Å². The molecule has 18 heavy (non-hydrogen) atoms. The minimum absolute atomic E-state index is 0.164. The Morgan fingerprint density at radius 1 is 1.28 bits per heavy atom. The van der Waals surface area contributed by atoms with Crippen molar-refractivity contribution in [3.8, 4) is 5.75 Å². The molecular formula is C15H20ClNO. The van der Waals surface area contributed by atoms with Crippen molar-refractivity contribution in [2.75, 3.05) is 6.61 Å². The highest BCUT2D eigenvalue weighted by molar-refractivity contribution is 6.32. The second-order valence-electron chi connectivity index (χ2n) is 5.76. The van der Waals surface area contributed by atoms with Crippen LogP contribution in [0.3, 0.4) is 0 Å². The fraction of sp³-hybridized carbons (Fsp3) is 0.600. The van der Waals surface area contributed by atoms with Crippen molar-refractivity contribution in [2.24, 2.45) is 11.7 Å². The van der Waals surface area contributed by atoms with Gasteiger partial charge in [0.05, 0.1) is 11.6 Å². The first-order chi connectivity index (χ1) is 8.67. The summed E-state index contributed by atoms with van der Waals surface area (Å²) in [6.45, 7) is 0.792. The van der Waals surface area contributed by atoms with Gasteiger partial charge < -0.3 is 10.5 Å². The van der Waals surface area contributed by atoms with Gasteiger partial charge in [0.25, 0.3) is 0 Å². The average molecular weight is 266 g/mol. The molecule has 2 nitrogen and oxygen atoms in total. The maximum Gasteiger partial charge on any atom is 0.138 e. The third-order valence-corrected chi connectivity index (χ3v) is 4.49. The van der Waals surface area contributed by atoms with Gasteiger partial charge in [-0.25, -0.2) is 0 Å². The summed E-state index contributed by atoms with van der Waals surface area (Å²) in [6, 6.07) is 6.03. The topological polar surface area (TPSA) is 35.2 Å². The highest BCUT2D eigenvalue weighted by atomic mass is 35.5. The second kappa shape index (κ2) is 4.75. The first-order valence-corrected chi connectivity index (χ1v) is 7.27. The maximum atomic E-state index is 6.47. The van der Waals surface area contributed by atoms with Crippen molar-refractivity contribution in [2.45, 2.75) is 44.1 Å². The minimum atomic E-state index is -0.164. The summed E-state index contributed by atoms with van der Waals surface area (Å²) in [5, 5.41) is 0.695. The van der Waals surface area contributed by atoms with E-state index < -0.39 is 0 Å². The van der Waals surface area contributed by atoms with E-state index in [1.165, 1.54) is 31.2 Å². The standard InChI is InChI=1S/C15H20ClNO/c16-13-6-5-12(15(17)7-1-2-8-15)9-14(13)18-10-11-3-4-11/h5-6,9,11H,1-4,7-8,10,17H2. The van der Waals surface area contributed by atoms with Crippen molar-refractivity contribution >= 4 is 11.6 Å². The van der Waals surface area contributed by atoms with E-state index in [1.54, 1.807) is 0 Å². The zero-order valence-electron chi connectivity index (χ0n) is 10.6. The third kappa shape index (κ3) is 2.50. The Kier molecular flexibility index (Phi) is 3.25. The van der Waals surface area contributed by atoms with Crippen molar-refractivity contribution in [3.05, 3.63) is 28.8 Å². The number of benzene rings is 1. The molecule has 2 fully saturated rings. The Bertz CT molecular complexity index is 436. The summed E-state index contributed by atoms with van der Waals surface area (Å²) in [7, 11) is 0. The molecule has 0 unspecified atom stereocenters. The molecule has 2 aliphatic rings. The van der Waals surface area contributed by atoms with Crippen molar-refractivity contribution in [1.82, 2.24) is 0 Å². The molecule has 3 heteroatoms. The molecule has 0 saturated heterocycles. The van der Waals surface area contributed by atoms with E-state index in [2.05, 4.69) is 12.1 Å². The molecule has 0 heterocycles. The molecule has 2 N–H and O–H groups in total. The lowest BCUT2D eigenvalue weighted by atomic mass is 9.89. The largest absolute Gasteiger partial charge is 0.492 e. The Balaban J connectivity index is 1.79. The van der Waals surface area contributed by atoms with Gasteiger partial charge in [-0.1, -0.05) is 30.5 Å². The van der Waals surface area contributed by atoms with Gasteiger partial charge in [0.15, 0.2) is 0 Å². The Morgan fingerprint density at radius 3 is 2.67 bits per heavy atom. The minimum Gasteiger partial charge on any atom is -0.492 e. The van der Waals surface area contributed by atoms with Gasteiger partial charge in [0.1, 0.15) is 5.75 Å². The molecule has 0 aromatic heterocycles. The van der Waals surface area contributed by atoms with E-state index in [4.69, 9.17) is 22.1 Å². The molecule has 0 aliphatic heterocycles. The van der Waals surface area contributed by atoms with Crippen molar-refractivity contribution in [1.29, 1.82) is 0 Å². The summed E-state index contributed by atoms with van der Waals surface area (Å²) in [5.41, 5.74) is 7.48. The van der Waals surface area contributed by atoms with Crippen LogP contribution in [-0.4, -0.2) is 6.61 Å². The molecule has 2 aliphatic carbocycles. The summed E-state index contributed by atoms with van der Waals surface area (Å²) in [6.07, 6.45) is 7.15. The molecule has 0 radical (unpaired) electrons. The summed E-state index contributed by atoms with van der Waals surface area (Å²) >= 11 is 6.19. The monoisotopic (exact) mass is 265 g/mol. The molecule has 3 rings (SSSR count). The van der Waals surface area contributed by atoms with E-state index in [0.29, 0.717) is 5.02 Å². The molecule has 1 aromatic rings. The highest BCUT2D eigenvalue weighted by Gasteiger charge is 2.32. The fourth-order valence-corrected chi connectivity index (χ4v) is 2.88. The number of hydrogen-bond donors (Lipinski definition) is 1. The van der Waals surface area contributed by atoms with Crippen LogP contribution in [0.15, 0.2) is 18.2 Å². The van der Waals surface area contributed by atoms with Crippen LogP contribution in [0, 0.1) is 5.92 Å². The SMILES string of the molecule is NC1(c2ccc(Cl)c(OCC3CC3)c2)CCCC1. The van der Waals surface area contributed by atoms with Crippen LogP contribution in [0.5, 0.6) is 5.75 Å². The Hall–Kier alpha value is -0.730. The number of ether oxygens (including phenoxy) is 1. The van der Waals surface area contributed by atoms with E-state index in [1.807, 2.05) is 6.07 Å². The van der Waals surface area contributed by atoms with Gasteiger partial charge in [-0.3, -0.25) is 0 Å². The molecule has 1 aromatic carbocycles. The highest BCUT2D eigenvalue weighted by Crippen LogP contribution is 2.39. The zero-order valence-corrected chi connectivity index (χ0v) is 11.4. The summed E-state index contributed by atoms with van der Waals surface area (Å²) in [5.74, 6) is 1.54. The predicted octanol–water partition coefficient (Wildman–Crippen LogP) is 3.86. The lowest BCUT2D eigenvalue weighted by Gasteiger charge is -2.25. The average Bonchev–Trinajstić information content (AvgIpc) is 3.09. The smallest absolute Gasteiger partial charge is 0.138 e. The normalized spacial score (nSPS) is 22.1. The predicted molar refractivity (Wildman–Crippen MR) is 74.0 cm³/mol. The first kappa shape index (κ1) is 12.3. The lowest BCUT2D eigenvalue weighted by Crippen LogP contribution is -2.33. The fourth-order valence-electron chi connectivity index (χ4n) is 2.71. The number of rotatable bonds is 4. The van der Waals surface area contributed by atoms with Gasteiger partial charge in [-0.05, 0) is 49.3 Å². The second-order valence-corrected chi connectivity index (χ2v) is 6.17. The molecule has 2 saturated carbocycles. The van der Waals surface area contributed by atoms with Crippen molar-refractivity contribution < 1.29 is 4.74 Å². The molecule has 0 bridgehead atoms. The summed E-state index contributed by atoms with van der Waals surface area (Å²) in [4.78, 5) is 0. The van der Waals surface area contributed by atoms with Crippen LogP contribution in [0.1, 0.15) is 44.1 Å². The number of halogens is 1. The van der Waals surface area contributed by atoms with Gasteiger partial charge in [-0.2, -0.15) is 0 Å². The van der Waals surface area contributed by atoms with Crippen molar-refractivity contribution in [3.63, 3.8) is 0 Å². The number of nitrogens with two attached hydrogens (primary N) is 1. The van der Waals surface area contributed by atoms with Crippen LogP contribution < -0.4 is 10.5 Å². The first-order valence-electron chi connectivity index (χ1n) is 6.89. The zero-order chi connectivity index (χ0) is 12.6. The molecule has 98 valence electrons. The number of hydrogen-bond acceptors (Lipinski definition) is 2. The summed E-state index contributed by atoms with van der Waals surface area (Å²) < 4.78 is 5.82. The maximum absolute atomic E-state index is 6.47. The Labute approximate surface area is 113 Å². The molecule has 0 atom stereocenters.